The molecule has 2 saturated heterocycles. The average molecular weight is 317 g/mol. The fourth-order valence-electron chi connectivity index (χ4n) is 3.02. The fraction of sp³-hybridized carbons (Fsp3) is 0.625. The molecule has 0 spiro atoms. The lowest BCUT2D eigenvalue weighted by Crippen LogP contribution is -2.46. The molecule has 0 atom stereocenters. The maximum Gasteiger partial charge on any atom is 0.256 e. The van der Waals surface area contributed by atoms with Gasteiger partial charge in [-0.1, -0.05) is 6.92 Å². The van der Waals surface area contributed by atoms with Crippen LogP contribution >= 0.6 is 0 Å². The van der Waals surface area contributed by atoms with E-state index in [-0.39, 0.29) is 5.91 Å². The van der Waals surface area contributed by atoms with E-state index in [4.69, 9.17) is 0 Å². The van der Waals surface area contributed by atoms with Crippen LogP contribution in [-0.4, -0.2) is 71.4 Å². The van der Waals surface area contributed by atoms with Crippen LogP contribution in [0.4, 0.5) is 5.95 Å². The molecule has 124 valence electrons. The van der Waals surface area contributed by atoms with Crippen LogP contribution in [0.1, 0.15) is 30.1 Å². The van der Waals surface area contributed by atoms with Crippen molar-refractivity contribution in [3.8, 4) is 0 Å². The lowest BCUT2D eigenvalue weighted by molar-refractivity contribution is -0.118. The van der Waals surface area contributed by atoms with Gasteiger partial charge in [0.15, 0.2) is 0 Å². The van der Waals surface area contributed by atoms with Crippen LogP contribution in [-0.2, 0) is 4.79 Å². The number of carbonyl (C=O) groups excluding carboxylic acids is 2. The van der Waals surface area contributed by atoms with E-state index in [1.54, 1.807) is 17.3 Å². The largest absolute Gasteiger partial charge is 0.342 e. The summed E-state index contributed by atoms with van der Waals surface area (Å²) in [6.45, 7) is 6.65. The second-order valence-corrected chi connectivity index (χ2v) is 6.37. The molecule has 3 heterocycles. The molecule has 23 heavy (non-hydrogen) atoms. The summed E-state index contributed by atoms with van der Waals surface area (Å²) in [4.78, 5) is 37.5. The molecular formula is C16H23N5O2. The van der Waals surface area contributed by atoms with Gasteiger partial charge in [0, 0.05) is 51.7 Å². The van der Waals surface area contributed by atoms with E-state index in [0.717, 1.165) is 45.4 Å². The molecular weight excluding hydrogens is 294 g/mol. The van der Waals surface area contributed by atoms with Gasteiger partial charge in [-0.25, -0.2) is 9.97 Å². The Labute approximate surface area is 136 Å². The Morgan fingerprint density at radius 2 is 1.70 bits per heavy atom. The Kier molecular flexibility index (Phi) is 4.73. The van der Waals surface area contributed by atoms with Crippen molar-refractivity contribution in [2.75, 3.05) is 44.2 Å². The zero-order chi connectivity index (χ0) is 16.2. The monoisotopic (exact) mass is 317 g/mol. The molecule has 3 rings (SSSR count). The van der Waals surface area contributed by atoms with E-state index >= 15 is 0 Å². The highest BCUT2D eigenvalue weighted by Crippen LogP contribution is 2.18. The van der Waals surface area contributed by atoms with Gasteiger partial charge in [0.1, 0.15) is 0 Å². The van der Waals surface area contributed by atoms with Crippen molar-refractivity contribution in [2.45, 2.75) is 19.8 Å². The smallest absolute Gasteiger partial charge is 0.256 e. The number of hydrogen-bond acceptors (Lipinski definition) is 5. The zero-order valence-corrected chi connectivity index (χ0v) is 13.5. The highest BCUT2D eigenvalue weighted by atomic mass is 16.2. The summed E-state index contributed by atoms with van der Waals surface area (Å²) < 4.78 is 0. The second-order valence-electron chi connectivity index (χ2n) is 6.37. The van der Waals surface area contributed by atoms with Gasteiger partial charge in [-0.3, -0.25) is 9.59 Å². The summed E-state index contributed by atoms with van der Waals surface area (Å²) in [5.74, 6) is 1.34. The number of rotatable bonds is 3. The molecule has 2 fully saturated rings. The van der Waals surface area contributed by atoms with Crippen LogP contribution in [0.15, 0.2) is 12.4 Å². The molecule has 0 radical (unpaired) electrons. The first-order chi connectivity index (χ1) is 11.2. The molecule has 7 heteroatoms. The van der Waals surface area contributed by atoms with Crippen molar-refractivity contribution in [1.29, 1.82) is 0 Å². The van der Waals surface area contributed by atoms with Crippen molar-refractivity contribution in [1.82, 2.24) is 19.8 Å². The molecule has 0 unspecified atom stereocenters. The van der Waals surface area contributed by atoms with Gasteiger partial charge in [0.2, 0.25) is 12.4 Å². The normalized spacial score (nSPS) is 19.8. The summed E-state index contributed by atoms with van der Waals surface area (Å²) in [5, 5.41) is 0. The van der Waals surface area contributed by atoms with E-state index in [2.05, 4.69) is 16.9 Å². The maximum absolute atomic E-state index is 12.5. The van der Waals surface area contributed by atoms with Gasteiger partial charge in [0.25, 0.3) is 5.91 Å². The number of piperidine rings is 1. The van der Waals surface area contributed by atoms with E-state index in [9.17, 15) is 9.59 Å². The summed E-state index contributed by atoms with van der Waals surface area (Å²) in [5.41, 5.74) is 0.551. The molecule has 2 aliphatic heterocycles. The second kappa shape index (κ2) is 6.93. The van der Waals surface area contributed by atoms with Crippen LogP contribution in [0, 0.1) is 5.92 Å². The van der Waals surface area contributed by atoms with Gasteiger partial charge < -0.3 is 14.7 Å². The van der Waals surface area contributed by atoms with Crippen LogP contribution in [0.2, 0.25) is 0 Å². The quantitative estimate of drug-likeness (QED) is 0.765. The molecule has 0 aliphatic carbocycles. The van der Waals surface area contributed by atoms with Crippen molar-refractivity contribution >= 4 is 18.3 Å². The van der Waals surface area contributed by atoms with Gasteiger partial charge in [0.05, 0.1) is 5.56 Å². The number of nitrogens with zero attached hydrogens (tertiary/aromatic N) is 5. The third kappa shape index (κ3) is 3.60. The molecule has 0 N–H and O–H groups in total. The third-order valence-electron chi connectivity index (χ3n) is 4.70. The van der Waals surface area contributed by atoms with E-state index in [0.29, 0.717) is 30.5 Å². The summed E-state index contributed by atoms with van der Waals surface area (Å²) in [6, 6.07) is 0. The molecule has 1 aromatic heterocycles. The van der Waals surface area contributed by atoms with Crippen LogP contribution < -0.4 is 4.90 Å². The number of amides is 2. The Morgan fingerprint density at radius 1 is 1.09 bits per heavy atom. The van der Waals surface area contributed by atoms with Gasteiger partial charge >= 0.3 is 0 Å². The standard InChI is InChI=1S/C16H23N5O2/c1-13-2-4-20(5-3-13)15(23)14-10-17-16(18-11-14)21-8-6-19(12-22)7-9-21/h10-13H,2-9H2,1H3. The lowest BCUT2D eigenvalue weighted by atomic mass is 9.99. The van der Waals surface area contributed by atoms with Crippen molar-refractivity contribution in [2.24, 2.45) is 5.92 Å². The van der Waals surface area contributed by atoms with E-state index in [1.807, 2.05) is 9.80 Å². The lowest BCUT2D eigenvalue weighted by Gasteiger charge is -2.32. The number of piperazine rings is 1. The predicted octanol–water partition coefficient (Wildman–Crippen LogP) is 0.627. The summed E-state index contributed by atoms with van der Waals surface area (Å²) in [7, 11) is 0. The zero-order valence-electron chi connectivity index (χ0n) is 13.5. The highest BCUT2D eigenvalue weighted by Gasteiger charge is 2.23. The Balaban J connectivity index is 1.61. The van der Waals surface area contributed by atoms with Gasteiger partial charge in [-0.15, -0.1) is 0 Å². The van der Waals surface area contributed by atoms with E-state index in [1.165, 1.54) is 0 Å². The van der Waals surface area contributed by atoms with Crippen molar-refractivity contribution < 1.29 is 9.59 Å². The summed E-state index contributed by atoms with van der Waals surface area (Å²) in [6.07, 6.45) is 6.24. The molecule has 0 aromatic carbocycles. The Hall–Kier alpha value is -2.18. The third-order valence-corrected chi connectivity index (χ3v) is 4.70. The molecule has 7 nitrogen and oxygen atoms in total. The minimum atomic E-state index is 0.0224. The fourth-order valence-corrected chi connectivity index (χ4v) is 3.02. The number of aromatic nitrogens is 2. The topological polar surface area (TPSA) is 69.6 Å². The Morgan fingerprint density at radius 3 is 2.26 bits per heavy atom. The number of carbonyl (C=O) groups is 2. The van der Waals surface area contributed by atoms with Gasteiger partial charge in [-0.05, 0) is 18.8 Å². The SMILES string of the molecule is CC1CCN(C(=O)c2cnc(N3CCN(C=O)CC3)nc2)CC1. The molecule has 1 aromatic rings. The highest BCUT2D eigenvalue weighted by molar-refractivity contribution is 5.93. The molecule has 0 saturated carbocycles. The predicted molar refractivity (Wildman–Crippen MR) is 86.2 cm³/mol. The van der Waals surface area contributed by atoms with Crippen LogP contribution in [0.5, 0.6) is 0 Å². The van der Waals surface area contributed by atoms with Gasteiger partial charge in [-0.2, -0.15) is 0 Å². The van der Waals surface area contributed by atoms with Crippen molar-refractivity contribution in [3.05, 3.63) is 18.0 Å². The molecule has 0 bridgehead atoms. The van der Waals surface area contributed by atoms with Crippen molar-refractivity contribution in [3.63, 3.8) is 0 Å². The van der Waals surface area contributed by atoms with Crippen LogP contribution in [0.3, 0.4) is 0 Å². The number of hydrogen-bond donors (Lipinski definition) is 0. The number of likely N-dealkylation sites (tertiary alicyclic amines) is 1. The minimum absolute atomic E-state index is 0.0224. The average Bonchev–Trinajstić information content (AvgIpc) is 2.62. The first kappa shape index (κ1) is 15.7. The number of anilines is 1. The first-order valence-corrected chi connectivity index (χ1v) is 8.23. The molecule has 2 aliphatic rings. The maximum atomic E-state index is 12.5. The summed E-state index contributed by atoms with van der Waals surface area (Å²) >= 11 is 0. The first-order valence-electron chi connectivity index (χ1n) is 8.23. The van der Waals surface area contributed by atoms with E-state index < -0.39 is 0 Å². The Bertz CT molecular complexity index is 546. The minimum Gasteiger partial charge on any atom is -0.342 e. The molecule has 2 amide bonds. The van der Waals surface area contributed by atoms with Crippen LogP contribution in [0.25, 0.3) is 0 Å².